The van der Waals surface area contributed by atoms with Gasteiger partial charge in [-0.05, 0) is 18.4 Å². The molecule has 3 rings (SSSR count). The van der Waals surface area contributed by atoms with Gasteiger partial charge in [0.15, 0.2) is 5.69 Å². The topological polar surface area (TPSA) is 64.2 Å². The molecule has 2 unspecified atom stereocenters. The van der Waals surface area contributed by atoms with Gasteiger partial charge in [0.2, 0.25) is 0 Å². The first-order valence-corrected chi connectivity index (χ1v) is 7.03. The second kappa shape index (κ2) is 4.90. The molecule has 20 heavy (non-hydrogen) atoms. The maximum absolute atomic E-state index is 12.7. The third kappa shape index (κ3) is 2.18. The number of likely N-dealkylation sites (tertiary alicyclic amines) is 1. The summed E-state index contributed by atoms with van der Waals surface area (Å²) < 4.78 is 1.76. The van der Waals surface area contributed by atoms with Gasteiger partial charge in [-0.3, -0.25) is 9.48 Å². The molecule has 0 aliphatic carbocycles. The average molecular weight is 272 g/mol. The van der Waals surface area contributed by atoms with Crippen molar-refractivity contribution in [2.45, 2.75) is 19.4 Å². The number of para-hydroxylation sites is 1. The summed E-state index contributed by atoms with van der Waals surface area (Å²) in [6, 6.07) is 7.88. The summed E-state index contributed by atoms with van der Waals surface area (Å²) in [7, 11) is 1.86. The Morgan fingerprint density at radius 1 is 1.35 bits per heavy atom. The minimum Gasteiger partial charge on any atom is -0.335 e. The summed E-state index contributed by atoms with van der Waals surface area (Å²) in [4.78, 5) is 14.6. The molecule has 1 aliphatic heterocycles. The molecule has 2 N–H and O–H groups in total. The van der Waals surface area contributed by atoms with Crippen molar-refractivity contribution in [3.05, 3.63) is 30.0 Å². The van der Waals surface area contributed by atoms with E-state index in [1.807, 2.05) is 36.2 Å². The molecule has 0 bridgehead atoms. The van der Waals surface area contributed by atoms with Crippen LogP contribution in [0.3, 0.4) is 0 Å². The summed E-state index contributed by atoms with van der Waals surface area (Å²) in [5, 5.41) is 5.31. The highest BCUT2D eigenvalue weighted by molar-refractivity contribution is 6.04. The van der Waals surface area contributed by atoms with E-state index in [2.05, 4.69) is 12.0 Å². The smallest absolute Gasteiger partial charge is 0.275 e. The van der Waals surface area contributed by atoms with E-state index in [1.165, 1.54) is 0 Å². The molecule has 106 valence electrons. The Bertz CT molecular complexity index is 638. The number of carbonyl (C=O) groups excluding carboxylic acids is 1. The first kappa shape index (κ1) is 13.1. The van der Waals surface area contributed by atoms with Crippen LogP contribution in [0.4, 0.5) is 0 Å². The predicted molar refractivity (Wildman–Crippen MR) is 78.4 cm³/mol. The maximum Gasteiger partial charge on any atom is 0.275 e. The summed E-state index contributed by atoms with van der Waals surface area (Å²) >= 11 is 0. The van der Waals surface area contributed by atoms with Crippen LogP contribution in [-0.2, 0) is 7.05 Å². The van der Waals surface area contributed by atoms with Crippen molar-refractivity contribution < 1.29 is 4.79 Å². The van der Waals surface area contributed by atoms with Gasteiger partial charge in [0.05, 0.1) is 5.52 Å². The van der Waals surface area contributed by atoms with Gasteiger partial charge in [-0.1, -0.05) is 25.1 Å². The van der Waals surface area contributed by atoms with E-state index in [1.54, 1.807) is 4.68 Å². The number of aryl methyl sites for hydroxylation is 1. The van der Waals surface area contributed by atoms with Crippen molar-refractivity contribution in [1.29, 1.82) is 0 Å². The van der Waals surface area contributed by atoms with Crippen molar-refractivity contribution >= 4 is 16.8 Å². The van der Waals surface area contributed by atoms with Crippen LogP contribution < -0.4 is 5.73 Å². The molecule has 0 radical (unpaired) electrons. The molecule has 1 aliphatic rings. The predicted octanol–water partition coefficient (Wildman–Crippen LogP) is 1.38. The Balaban J connectivity index is 1.96. The molecule has 1 aromatic carbocycles. The van der Waals surface area contributed by atoms with Crippen molar-refractivity contribution in [3.8, 4) is 0 Å². The Morgan fingerprint density at radius 3 is 2.85 bits per heavy atom. The second-order valence-electron chi connectivity index (χ2n) is 5.80. The Morgan fingerprint density at radius 2 is 2.10 bits per heavy atom. The van der Waals surface area contributed by atoms with Gasteiger partial charge in [-0.15, -0.1) is 0 Å². The molecule has 1 aromatic heterocycles. The van der Waals surface area contributed by atoms with Gasteiger partial charge in [0.1, 0.15) is 0 Å². The number of hydrogen-bond donors (Lipinski definition) is 1. The quantitative estimate of drug-likeness (QED) is 0.853. The summed E-state index contributed by atoms with van der Waals surface area (Å²) in [5.74, 6) is 0.432. The zero-order valence-electron chi connectivity index (χ0n) is 11.9. The first-order valence-electron chi connectivity index (χ1n) is 7.03. The number of carbonyl (C=O) groups is 1. The van der Waals surface area contributed by atoms with Crippen LogP contribution in [0.25, 0.3) is 10.9 Å². The van der Waals surface area contributed by atoms with Gasteiger partial charge >= 0.3 is 0 Å². The van der Waals surface area contributed by atoms with E-state index >= 15 is 0 Å². The van der Waals surface area contributed by atoms with Gasteiger partial charge in [-0.2, -0.15) is 5.10 Å². The Hall–Kier alpha value is -1.88. The van der Waals surface area contributed by atoms with Gasteiger partial charge in [0, 0.05) is 31.6 Å². The third-order valence-electron chi connectivity index (χ3n) is 3.94. The molecule has 1 saturated heterocycles. The molecular formula is C15H20N4O. The van der Waals surface area contributed by atoms with Crippen molar-refractivity contribution in [3.63, 3.8) is 0 Å². The second-order valence-corrected chi connectivity index (χ2v) is 5.80. The number of nitrogens with two attached hydrogens (primary N) is 1. The van der Waals surface area contributed by atoms with Gasteiger partial charge in [0.25, 0.3) is 5.91 Å². The lowest BCUT2D eigenvalue weighted by atomic mass is 9.96. The van der Waals surface area contributed by atoms with E-state index in [0.717, 1.165) is 23.9 Å². The van der Waals surface area contributed by atoms with Crippen LogP contribution in [0.1, 0.15) is 23.8 Å². The molecule has 2 heterocycles. The lowest BCUT2D eigenvalue weighted by Gasteiger charge is -2.34. The zero-order chi connectivity index (χ0) is 14.3. The average Bonchev–Trinajstić information content (AvgIpc) is 2.75. The fourth-order valence-electron chi connectivity index (χ4n) is 3.09. The lowest BCUT2D eigenvalue weighted by Crippen LogP contribution is -2.49. The molecule has 5 heteroatoms. The summed E-state index contributed by atoms with van der Waals surface area (Å²) in [5.41, 5.74) is 7.54. The maximum atomic E-state index is 12.7. The minimum atomic E-state index is -0.0104. The number of aromatic nitrogens is 2. The van der Waals surface area contributed by atoms with E-state index in [4.69, 9.17) is 5.73 Å². The standard InChI is InChI=1S/C15H20N4O/c1-10-7-11(16)9-19(8-10)15(20)14-12-5-3-4-6-13(12)18(2)17-14/h3-6,10-11H,7-9,16H2,1-2H3. The van der Waals surface area contributed by atoms with Gasteiger partial charge in [-0.25, -0.2) is 0 Å². The zero-order valence-corrected chi connectivity index (χ0v) is 11.9. The SMILES string of the molecule is CC1CC(N)CN(C(=O)c2nn(C)c3ccccc23)C1. The number of hydrogen-bond acceptors (Lipinski definition) is 3. The van der Waals surface area contributed by atoms with Crippen molar-refractivity contribution in [2.24, 2.45) is 18.7 Å². The van der Waals surface area contributed by atoms with Crippen LogP contribution >= 0.6 is 0 Å². The summed E-state index contributed by atoms with van der Waals surface area (Å²) in [6.45, 7) is 3.52. The van der Waals surface area contributed by atoms with Crippen LogP contribution in [-0.4, -0.2) is 39.7 Å². The normalized spacial score (nSPS) is 23.2. The van der Waals surface area contributed by atoms with Crippen molar-refractivity contribution in [2.75, 3.05) is 13.1 Å². The fraction of sp³-hybridized carbons (Fsp3) is 0.467. The van der Waals surface area contributed by atoms with Gasteiger partial charge < -0.3 is 10.6 Å². The third-order valence-corrected chi connectivity index (χ3v) is 3.94. The number of rotatable bonds is 1. The van der Waals surface area contributed by atoms with E-state index < -0.39 is 0 Å². The van der Waals surface area contributed by atoms with E-state index in [-0.39, 0.29) is 11.9 Å². The highest BCUT2D eigenvalue weighted by Crippen LogP contribution is 2.22. The number of nitrogens with zero attached hydrogens (tertiary/aromatic N) is 3. The lowest BCUT2D eigenvalue weighted by molar-refractivity contribution is 0.0656. The monoisotopic (exact) mass is 272 g/mol. The fourth-order valence-corrected chi connectivity index (χ4v) is 3.09. The summed E-state index contributed by atoms with van der Waals surface area (Å²) in [6.07, 6.45) is 0.979. The number of benzene rings is 1. The van der Waals surface area contributed by atoms with Crippen LogP contribution in [0.15, 0.2) is 24.3 Å². The number of fused-ring (bicyclic) bond motifs is 1. The van der Waals surface area contributed by atoms with Crippen LogP contribution in [0.2, 0.25) is 0 Å². The molecule has 1 fully saturated rings. The van der Waals surface area contributed by atoms with Crippen molar-refractivity contribution in [1.82, 2.24) is 14.7 Å². The highest BCUT2D eigenvalue weighted by atomic mass is 16.2. The Kier molecular flexibility index (Phi) is 3.22. The van der Waals surface area contributed by atoms with E-state index in [0.29, 0.717) is 18.2 Å². The molecule has 0 spiro atoms. The van der Waals surface area contributed by atoms with E-state index in [9.17, 15) is 4.79 Å². The van der Waals surface area contributed by atoms with Crippen LogP contribution in [0, 0.1) is 5.92 Å². The number of piperidine rings is 1. The van der Waals surface area contributed by atoms with Crippen LogP contribution in [0.5, 0.6) is 0 Å². The first-order chi connectivity index (χ1) is 9.56. The Labute approximate surface area is 118 Å². The largest absolute Gasteiger partial charge is 0.335 e. The molecule has 2 atom stereocenters. The molecule has 0 saturated carbocycles. The highest BCUT2D eigenvalue weighted by Gasteiger charge is 2.28. The molecule has 5 nitrogen and oxygen atoms in total. The number of amides is 1. The molecular weight excluding hydrogens is 252 g/mol. The minimum absolute atomic E-state index is 0.0104. The molecule has 2 aromatic rings. The molecule has 1 amide bonds.